The molecule has 142 valence electrons. The Morgan fingerprint density at radius 3 is 2.33 bits per heavy atom. The topological polar surface area (TPSA) is 95.7 Å². The number of nitrogens with two attached hydrogens (primary N) is 1. The van der Waals surface area contributed by atoms with Gasteiger partial charge in [-0.2, -0.15) is 0 Å². The molecule has 1 heterocycles. The van der Waals surface area contributed by atoms with Crippen molar-refractivity contribution in [2.45, 2.75) is 13.3 Å². The fourth-order valence-electron chi connectivity index (χ4n) is 2.89. The van der Waals surface area contributed by atoms with E-state index in [1.165, 1.54) is 24.0 Å². The van der Waals surface area contributed by atoms with Crippen molar-refractivity contribution >= 4 is 34.8 Å². The SMILES string of the molecule is C=CC1=C(C=C)C(=O)N(CCCN(C)c2ccc(N)c(NC(C)=O)c2)C1=O. The zero-order chi connectivity index (χ0) is 20.1. The second kappa shape index (κ2) is 8.35. The first-order chi connectivity index (χ1) is 12.8. The number of nitrogens with one attached hydrogen (secondary N) is 1. The average molecular weight is 368 g/mol. The standard InChI is InChI=1S/C20H24N4O3/c1-5-15-16(6-2)20(27)24(19(15)26)11-7-10-23(4)14-8-9-17(21)18(12-14)22-13(3)25/h5-6,8-9,12H,1-2,7,10-11,21H2,3-4H3,(H,22,25). The van der Waals surface area contributed by atoms with Gasteiger partial charge in [-0.15, -0.1) is 0 Å². The van der Waals surface area contributed by atoms with E-state index in [2.05, 4.69) is 18.5 Å². The van der Waals surface area contributed by atoms with Crippen LogP contribution in [0.5, 0.6) is 0 Å². The van der Waals surface area contributed by atoms with E-state index in [0.717, 1.165) is 5.69 Å². The van der Waals surface area contributed by atoms with Gasteiger partial charge in [0.2, 0.25) is 5.91 Å². The summed E-state index contributed by atoms with van der Waals surface area (Å²) in [7, 11) is 1.89. The lowest BCUT2D eigenvalue weighted by Gasteiger charge is -2.22. The summed E-state index contributed by atoms with van der Waals surface area (Å²) in [5.41, 5.74) is 8.35. The molecular formula is C20H24N4O3. The van der Waals surface area contributed by atoms with Gasteiger partial charge in [0.05, 0.1) is 22.5 Å². The lowest BCUT2D eigenvalue weighted by molar-refractivity contribution is -0.137. The lowest BCUT2D eigenvalue weighted by atomic mass is 10.1. The Morgan fingerprint density at radius 1 is 1.22 bits per heavy atom. The highest BCUT2D eigenvalue weighted by Crippen LogP contribution is 2.26. The molecule has 0 bridgehead atoms. The third-order valence-corrected chi connectivity index (χ3v) is 4.31. The molecule has 7 heteroatoms. The second-order valence-corrected chi connectivity index (χ2v) is 6.23. The minimum atomic E-state index is -0.340. The maximum absolute atomic E-state index is 12.3. The van der Waals surface area contributed by atoms with E-state index >= 15 is 0 Å². The number of rotatable bonds is 8. The molecule has 1 aromatic rings. The number of benzene rings is 1. The van der Waals surface area contributed by atoms with Crippen LogP contribution in [0.4, 0.5) is 17.1 Å². The highest BCUT2D eigenvalue weighted by molar-refractivity contribution is 6.21. The molecule has 0 saturated heterocycles. The van der Waals surface area contributed by atoms with Crippen molar-refractivity contribution in [1.29, 1.82) is 0 Å². The first kappa shape index (κ1) is 20.0. The molecule has 0 fully saturated rings. The Balaban J connectivity index is 1.99. The molecule has 0 atom stereocenters. The molecule has 0 aliphatic carbocycles. The normalized spacial score (nSPS) is 13.8. The van der Waals surface area contributed by atoms with E-state index in [1.54, 1.807) is 12.1 Å². The lowest BCUT2D eigenvalue weighted by Crippen LogP contribution is -2.34. The fraction of sp³-hybridized carbons (Fsp3) is 0.250. The zero-order valence-electron chi connectivity index (χ0n) is 15.6. The molecule has 1 aliphatic heterocycles. The molecule has 1 aromatic carbocycles. The van der Waals surface area contributed by atoms with Gasteiger partial charge in [0.15, 0.2) is 0 Å². The number of hydrogen-bond donors (Lipinski definition) is 2. The van der Waals surface area contributed by atoms with Crippen molar-refractivity contribution in [2.75, 3.05) is 36.1 Å². The van der Waals surface area contributed by atoms with Gasteiger partial charge in [0, 0.05) is 32.7 Å². The number of imide groups is 1. The van der Waals surface area contributed by atoms with Gasteiger partial charge in [0.25, 0.3) is 11.8 Å². The molecule has 3 N–H and O–H groups in total. The van der Waals surface area contributed by atoms with Gasteiger partial charge in [-0.1, -0.05) is 25.3 Å². The number of hydrogen-bond acceptors (Lipinski definition) is 5. The van der Waals surface area contributed by atoms with E-state index in [4.69, 9.17) is 5.73 Å². The molecule has 7 nitrogen and oxygen atoms in total. The Labute approximate surface area is 158 Å². The fourth-order valence-corrected chi connectivity index (χ4v) is 2.89. The molecule has 0 unspecified atom stereocenters. The van der Waals surface area contributed by atoms with Crippen molar-refractivity contribution in [3.63, 3.8) is 0 Å². The average Bonchev–Trinajstić information content (AvgIpc) is 2.86. The summed E-state index contributed by atoms with van der Waals surface area (Å²) >= 11 is 0. The summed E-state index contributed by atoms with van der Waals surface area (Å²) < 4.78 is 0. The maximum atomic E-state index is 12.3. The third kappa shape index (κ3) is 4.25. The van der Waals surface area contributed by atoms with Crippen LogP contribution in [0.1, 0.15) is 13.3 Å². The van der Waals surface area contributed by atoms with Crippen molar-refractivity contribution in [2.24, 2.45) is 0 Å². The molecule has 0 aromatic heterocycles. The van der Waals surface area contributed by atoms with Crippen LogP contribution in [-0.4, -0.2) is 42.8 Å². The van der Waals surface area contributed by atoms with Crippen LogP contribution in [0.3, 0.4) is 0 Å². The highest BCUT2D eigenvalue weighted by Gasteiger charge is 2.34. The summed E-state index contributed by atoms with van der Waals surface area (Å²) in [5, 5.41) is 2.69. The molecule has 3 amide bonds. The molecule has 0 radical (unpaired) electrons. The van der Waals surface area contributed by atoms with Crippen LogP contribution >= 0.6 is 0 Å². The van der Waals surface area contributed by atoms with Crippen LogP contribution in [0.15, 0.2) is 54.7 Å². The summed E-state index contributed by atoms with van der Waals surface area (Å²) in [6, 6.07) is 5.36. The van der Waals surface area contributed by atoms with Gasteiger partial charge in [-0.3, -0.25) is 19.3 Å². The van der Waals surface area contributed by atoms with Gasteiger partial charge in [-0.25, -0.2) is 0 Å². The zero-order valence-corrected chi connectivity index (χ0v) is 15.6. The summed E-state index contributed by atoms with van der Waals surface area (Å²) in [6.07, 6.45) is 3.37. The summed E-state index contributed by atoms with van der Waals surface area (Å²) in [5.74, 6) is -0.878. The summed E-state index contributed by atoms with van der Waals surface area (Å²) in [4.78, 5) is 39.1. The van der Waals surface area contributed by atoms with Gasteiger partial charge < -0.3 is 16.0 Å². The minimum absolute atomic E-state index is 0.198. The summed E-state index contributed by atoms with van der Waals surface area (Å²) in [6.45, 7) is 9.50. The van der Waals surface area contributed by atoms with Gasteiger partial charge in [0.1, 0.15) is 0 Å². The van der Waals surface area contributed by atoms with Crippen molar-refractivity contribution in [3.8, 4) is 0 Å². The number of anilines is 3. The van der Waals surface area contributed by atoms with Gasteiger partial charge in [-0.05, 0) is 24.6 Å². The van der Waals surface area contributed by atoms with Crippen LogP contribution < -0.4 is 16.0 Å². The van der Waals surface area contributed by atoms with Crippen molar-refractivity contribution in [3.05, 3.63) is 54.7 Å². The third-order valence-electron chi connectivity index (χ3n) is 4.31. The van der Waals surface area contributed by atoms with Crippen LogP contribution in [0.2, 0.25) is 0 Å². The van der Waals surface area contributed by atoms with Crippen LogP contribution in [-0.2, 0) is 14.4 Å². The molecule has 27 heavy (non-hydrogen) atoms. The van der Waals surface area contributed by atoms with Crippen LogP contribution in [0, 0.1) is 0 Å². The molecular weight excluding hydrogens is 344 g/mol. The maximum Gasteiger partial charge on any atom is 0.261 e. The first-order valence-electron chi connectivity index (χ1n) is 8.53. The Hall–Kier alpha value is -3.35. The van der Waals surface area contributed by atoms with E-state index in [-0.39, 0.29) is 17.7 Å². The van der Waals surface area contributed by atoms with E-state index in [9.17, 15) is 14.4 Å². The minimum Gasteiger partial charge on any atom is -0.397 e. The number of amides is 3. The van der Waals surface area contributed by atoms with E-state index in [0.29, 0.717) is 42.0 Å². The van der Waals surface area contributed by atoms with E-state index in [1.807, 2.05) is 18.0 Å². The number of carbonyl (C=O) groups is 3. The first-order valence-corrected chi connectivity index (χ1v) is 8.53. The molecule has 1 aliphatic rings. The smallest absolute Gasteiger partial charge is 0.261 e. The second-order valence-electron chi connectivity index (χ2n) is 6.23. The molecule has 0 spiro atoms. The highest BCUT2D eigenvalue weighted by atomic mass is 16.2. The predicted octanol–water partition coefficient (Wildman–Crippen LogP) is 2.09. The Kier molecular flexibility index (Phi) is 6.18. The van der Waals surface area contributed by atoms with Crippen molar-refractivity contribution in [1.82, 2.24) is 4.90 Å². The monoisotopic (exact) mass is 368 g/mol. The van der Waals surface area contributed by atoms with Crippen LogP contribution in [0.25, 0.3) is 0 Å². The number of nitrogens with zero attached hydrogens (tertiary/aromatic N) is 2. The molecule has 2 rings (SSSR count). The Bertz CT molecular complexity index is 812. The predicted molar refractivity (Wildman–Crippen MR) is 107 cm³/mol. The van der Waals surface area contributed by atoms with E-state index < -0.39 is 0 Å². The number of nitrogen functional groups attached to an aromatic ring is 1. The quantitative estimate of drug-likeness (QED) is 0.541. The van der Waals surface area contributed by atoms with Gasteiger partial charge >= 0.3 is 0 Å². The Morgan fingerprint density at radius 2 is 1.81 bits per heavy atom. The molecule has 0 saturated carbocycles. The number of carbonyl (C=O) groups excluding carboxylic acids is 3. The largest absolute Gasteiger partial charge is 0.397 e. The van der Waals surface area contributed by atoms with Crippen molar-refractivity contribution < 1.29 is 14.4 Å².